The standard InChI is InChI=1S/C15H15N3O2/c1-11-8-12(4-3-7-19)10-13(9-11)15(20)17-14-5-6-16-18(14)2/h5-6,8-10,19H,7H2,1-2H3,(H,17,20). The summed E-state index contributed by atoms with van der Waals surface area (Å²) in [6.07, 6.45) is 1.62. The van der Waals surface area contributed by atoms with Crippen molar-refractivity contribution in [2.24, 2.45) is 7.05 Å². The van der Waals surface area contributed by atoms with Gasteiger partial charge in [-0.25, -0.2) is 0 Å². The van der Waals surface area contributed by atoms with Gasteiger partial charge in [0.25, 0.3) is 5.91 Å². The lowest BCUT2D eigenvalue weighted by atomic mass is 10.1. The van der Waals surface area contributed by atoms with Gasteiger partial charge in [-0.05, 0) is 30.7 Å². The topological polar surface area (TPSA) is 67.2 Å². The number of aryl methyl sites for hydroxylation is 2. The minimum atomic E-state index is -0.218. The van der Waals surface area contributed by atoms with Crippen LogP contribution < -0.4 is 5.32 Å². The van der Waals surface area contributed by atoms with Crippen molar-refractivity contribution in [3.63, 3.8) is 0 Å². The van der Waals surface area contributed by atoms with Gasteiger partial charge in [0.05, 0.1) is 6.20 Å². The summed E-state index contributed by atoms with van der Waals surface area (Å²) in [7, 11) is 1.75. The molecule has 0 aliphatic carbocycles. The Morgan fingerprint density at radius 2 is 2.25 bits per heavy atom. The maximum atomic E-state index is 12.2. The maximum Gasteiger partial charge on any atom is 0.256 e. The second kappa shape index (κ2) is 6.04. The number of anilines is 1. The van der Waals surface area contributed by atoms with Gasteiger partial charge in [0.15, 0.2) is 0 Å². The molecule has 5 nitrogen and oxygen atoms in total. The zero-order valence-corrected chi connectivity index (χ0v) is 11.3. The van der Waals surface area contributed by atoms with Crippen LogP contribution in [0.25, 0.3) is 0 Å². The Morgan fingerprint density at radius 3 is 2.90 bits per heavy atom. The van der Waals surface area contributed by atoms with Crippen LogP contribution in [0.1, 0.15) is 21.5 Å². The summed E-state index contributed by atoms with van der Waals surface area (Å²) >= 11 is 0. The lowest BCUT2D eigenvalue weighted by molar-refractivity contribution is 0.102. The average Bonchev–Trinajstić information content (AvgIpc) is 2.81. The summed E-state index contributed by atoms with van der Waals surface area (Å²) in [5.41, 5.74) is 2.16. The molecule has 1 aromatic carbocycles. The van der Waals surface area contributed by atoms with E-state index in [0.29, 0.717) is 16.9 Å². The van der Waals surface area contributed by atoms with E-state index < -0.39 is 0 Å². The SMILES string of the molecule is Cc1cc(C#CCO)cc(C(=O)Nc2ccnn2C)c1. The van der Waals surface area contributed by atoms with Crippen molar-refractivity contribution in [2.75, 3.05) is 11.9 Å². The molecule has 2 aromatic rings. The van der Waals surface area contributed by atoms with Crippen LogP contribution in [-0.2, 0) is 7.05 Å². The molecule has 102 valence electrons. The molecule has 2 rings (SSSR count). The summed E-state index contributed by atoms with van der Waals surface area (Å²) in [5, 5.41) is 15.5. The van der Waals surface area contributed by atoms with Crippen LogP contribution in [0.2, 0.25) is 0 Å². The van der Waals surface area contributed by atoms with E-state index in [1.807, 2.05) is 13.0 Å². The molecule has 5 heteroatoms. The quantitative estimate of drug-likeness (QED) is 0.808. The van der Waals surface area contributed by atoms with E-state index in [9.17, 15) is 4.79 Å². The molecule has 0 saturated carbocycles. The third-order valence-electron chi connectivity index (χ3n) is 2.71. The van der Waals surface area contributed by atoms with E-state index in [1.165, 1.54) is 0 Å². The monoisotopic (exact) mass is 269 g/mol. The predicted octanol–water partition coefficient (Wildman–Crippen LogP) is 1.32. The molecule has 1 amide bonds. The maximum absolute atomic E-state index is 12.2. The molecule has 0 aliphatic rings. The molecule has 0 radical (unpaired) electrons. The van der Waals surface area contributed by atoms with E-state index in [2.05, 4.69) is 22.3 Å². The molecule has 0 saturated heterocycles. The minimum Gasteiger partial charge on any atom is -0.384 e. The second-order valence-electron chi connectivity index (χ2n) is 4.34. The Hall–Kier alpha value is -2.58. The third-order valence-corrected chi connectivity index (χ3v) is 2.71. The van der Waals surface area contributed by atoms with Gasteiger partial charge >= 0.3 is 0 Å². The minimum absolute atomic E-state index is 0.204. The van der Waals surface area contributed by atoms with Crippen molar-refractivity contribution >= 4 is 11.7 Å². The Labute approximate surface area is 117 Å². The molecule has 0 spiro atoms. The normalized spacial score (nSPS) is 9.75. The van der Waals surface area contributed by atoms with Crippen molar-refractivity contribution < 1.29 is 9.90 Å². The lowest BCUT2D eigenvalue weighted by Gasteiger charge is -2.06. The van der Waals surface area contributed by atoms with Gasteiger partial charge in [-0.15, -0.1) is 0 Å². The number of benzene rings is 1. The first-order valence-electron chi connectivity index (χ1n) is 6.11. The highest BCUT2D eigenvalue weighted by Crippen LogP contribution is 2.12. The Balaban J connectivity index is 2.25. The van der Waals surface area contributed by atoms with Crippen LogP contribution in [0.4, 0.5) is 5.82 Å². The molecule has 0 bridgehead atoms. The smallest absolute Gasteiger partial charge is 0.256 e. The van der Waals surface area contributed by atoms with Gasteiger partial charge in [-0.2, -0.15) is 5.10 Å². The van der Waals surface area contributed by atoms with Crippen molar-refractivity contribution in [2.45, 2.75) is 6.92 Å². The molecule has 1 heterocycles. The fourth-order valence-corrected chi connectivity index (χ4v) is 1.81. The zero-order chi connectivity index (χ0) is 14.5. The number of hydrogen-bond donors (Lipinski definition) is 2. The first kappa shape index (κ1) is 13.8. The number of nitrogens with one attached hydrogen (secondary N) is 1. The summed E-state index contributed by atoms with van der Waals surface area (Å²) in [6.45, 7) is 1.69. The van der Waals surface area contributed by atoms with Gasteiger partial charge in [0.2, 0.25) is 0 Å². The highest BCUT2D eigenvalue weighted by Gasteiger charge is 2.09. The van der Waals surface area contributed by atoms with Crippen LogP contribution in [0.5, 0.6) is 0 Å². The van der Waals surface area contributed by atoms with Crippen molar-refractivity contribution in [1.29, 1.82) is 0 Å². The number of carbonyl (C=O) groups is 1. The fourth-order valence-electron chi connectivity index (χ4n) is 1.81. The Bertz CT molecular complexity index is 693. The first-order chi connectivity index (χ1) is 9.60. The van der Waals surface area contributed by atoms with Crippen LogP contribution in [0.3, 0.4) is 0 Å². The van der Waals surface area contributed by atoms with E-state index in [1.54, 1.807) is 36.1 Å². The van der Waals surface area contributed by atoms with Gasteiger partial charge in [-0.1, -0.05) is 11.8 Å². The van der Waals surface area contributed by atoms with E-state index in [-0.39, 0.29) is 12.5 Å². The van der Waals surface area contributed by atoms with Crippen molar-refractivity contribution in [1.82, 2.24) is 9.78 Å². The number of aliphatic hydroxyl groups excluding tert-OH is 1. The van der Waals surface area contributed by atoms with Gasteiger partial charge in [-0.3, -0.25) is 9.48 Å². The largest absolute Gasteiger partial charge is 0.384 e. The molecule has 0 atom stereocenters. The number of rotatable bonds is 2. The second-order valence-corrected chi connectivity index (χ2v) is 4.34. The molecule has 0 fully saturated rings. The molecular weight excluding hydrogens is 254 g/mol. The number of hydrogen-bond acceptors (Lipinski definition) is 3. The van der Waals surface area contributed by atoms with E-state index in [4.69, 9.17) is 5.11 Å². The number of carbonyl (C=O) groups excluding carboxylic acids is 1. The summed E-state index contributed by atoms with van der Waals surface area (Å²) < 4.78 is 1.58. The van der Waals surface area contributed by atoms with Crippen LogP contribution >= 0.6 is 0 Å². The summed E-state index contributed by atoms with van der Waals surface area (Å²) in [4.78, 5) is 12.2. The van der Waals surface area contributed by atoms with Crippen LogP contribution in [0.15, 0.2) is 30.5 Å². The van der Waals surface area contributed by atoms with Crippen LogP contribution in [-0.4, -0.2) is 27.4 Å². The molecule has 0 unspecified atom stereocenters. The number of aromatic nitrogens is 2. The third kappa shape index (κ3) is 3.25. The van der Waals surface area contributed by atoms with Gasteiger partial charge in [0, 0.05) is 24.2 Å². The first-order valence-corrected chi connectivity index (χ1v) is 6.11. The van der Waals surface area contributed by atoms with Gasteiger partial charge < -0.3 is 10.4 Å². The Kier molecular flexibility index (Phi) is 4.18. The Morgan fingerprint density at radius 1 is 1.45 bits per heavy atom. The number of nitrogens with zero attached hydrogens (tertiary/aromatic N) is 2. The lowest BCUT2D eigenvalue weighted by Crippen LogP contribution is -2.14. The predicted molar refractivity (Wildman–Crippen MR) is 76.3 cm³/mol. The van der Waals surface area contributed by atoms with Crippen molar-refractivity contribution in [3.05, 3.63) is 47.2 Å². The fraction of sp³-hybridized carbons (Fsp3) is 0.200. The number of aliphatic hydroxyl groups is 1. The highest BCUT2D eigenvalue weighted by molar-refractivity contribution is 6.04. The van der Waals surface area contributed by atoms with Crippen molar-refractivity contribution in [3.8, 4) is 11.8 Å². The van der Waals surface area contributed by atoms with E-state index in [0.717, 1.165) is 5.56 Å². The molecule has 20 heavy (non-hydrogen) atoms. The summed E-state index contributed by atoms with van der Waals surface area (Å²) in [5.74, 6) is 5.78. The number of amides is 1. The van der Waals surface area contributed by atoms with E-state index >= 15 is 0 Å². The summed E-state index contributed by atoms with van der Waals surface area (Å²) in [6, 6.07) is 7.07. The molecule has 1 aromatic heterocycles. The average molecular weight is 269 g/mol. The molecule has 0 aliphatic heterocycles. The zero-order valence-electron chi connectivity index (χ0n) is 11.3. The van der Waals surface area contributed by atoms with Crippen LogP contribution in [0, 0.1) is 18.8 Å². The highest BCUT2D eigenvalue weighted by atomic mass is 16.2. The molecule has 2 N–H and O–H groups in total. The molecular formula is C15H15N3O2. The van der Waals surface area contributed by atoms with Gasteiger partial charge in [0.1, 0.15) is 12.4 Å².